The van der Waals surface area contributed by atoms with Crippen LogP contribution in [0.1, 0.15) is 16.9 Å². The average Bonchev–Trinajstić information content (AvgIpc) is 3.48. The maximum Gasteiger partial charge on any atom is 0.265 e. The molecular formula is C26H23N3O4S. The summed E-state index contributed by atoms with van der Waals surface area (Å²) < 4.78 is 10.5. The molecule has 1 N–H and O–H groups in total. The minimum atomic E-state index is -0.566. The molecule has 7 nitrogen and oxygen atoms in total. The van der Waals surface area contributed by atoms with Crippen molar-refractivity contribution in [2.45, 2.75) is 25.1 Å². The number of anilines is 1. The summed E-state index contributed by atoms with van der Waals surface area (Å²) >= 11 is 1.23. The van der Waals surface area contributed by atoms with Crippen LogP contribution in [-0.4, -0.2) is 24.2 Å². The van der Waals surface area contributed by atoms with E-state index < -0.39 is 11.2 Å². The number of nitrogens with zero attached hydrogens (tertiary/aromatic N) is 2. The molecule has 1 aliphatic heterocycles. The van der Waals surface area contributed by atoms with Crippen molar-refractivity contribution in [3.05, 3.63) is 94.4 Å². The van der Waals surface area contributed by atoms with Gasteiger partial charge in [-0.2, -0.15) is 5.26 Å². The topological polar surface area (TPSA) is 95.6 Å². The molecule has 3 aromatic rings. The number of nitrogens with one attached hydrogen (secondary N) is 1. The van der Waals surface area contributed by atoms with Gasteiger partial charge in [0.25, 0.3) is 5.91 Å². The Morgan fingerprint density at radius 2 is 1.91 bits per heavy atom. The molecule has 172 valence electrons. The zero-order valence-corrected chi connectivity index (χ0v) is 19.6. The standard InChI is InChI=1S/C26H23N3O4S/c1-17-5-7-18(8-6-17)14-23-25(31)29(19-9-11-20(32-2)12-10-19)26(34-23)22(15-27)24(30)28-16-21-4-3-13-33-21/h3-13,23H,14,16H2,1-2H3,(H,28,30)/b26-22-. The van der Waals surface area contributed by atoms with E-state index in [4.69, 9.17) is 9.15 Å². The van der Waals surface area contributed by atoms with Gasteiger partial charge in [-0.25, -0.2) is 0 Å². The van der Waals surface area contributed by atoms with Gasteiger partial charge >= 0.3 is 0 Å². The maximum absolute atomic E-state index is 13.5. The summed E-state index contributed by atoms with van der Waals surface area (Å²) in [6.07, 6.45) is 1.99. The minimum Gasteiger partial charge on any atom is -0.497 e. The molecule has 1 aliphatic rings. The predicted molar refractivity (Wildman–Crippen MR) is 130 cm³/mol. The molecule has 34 heavy (non-hydrogen) atoms. The van der Waals surface area contributed by atoms with Crippen LogP contribution in [0.3, 0.4) is 0 Å². The monoisotopic (exact) mass is 473 g/mol. The van der Waals surface area contributed by atoms with Crippen LogP contribution in [0.25, 0.3) is 0 Å². The highest BCUT2D eigenvalue weighted by atomic mass is 32.2. The van der Waals surface area contributed by atoms with Crippen molar-refractivity contribution in [1.29, 1.82) is 5.26 Å². The van der Waals surface area contributed by atoms with Gasteiger partial charge in [-0.05, 0) is 55.3 Å². The van der Waals surface area contributed by atoms with Gasteiger partial charge in [0.1, 0.15) is 28.2 Å². The Balaban J connectivity index is 1.67. The highest BCUT2D eigenvalue weighted by molar-refractivity contribution is 8.05. The number of hydrogen-bond acceptors (Lipinski definition) is 6. The first-order valence-electron chi connectivity index (χ1n) is 10.7. The highest BCUT2D eigenvalue weighted by Crippen LogP contribution is 2.42. The molecule has 4 rings (SSSR count). The molecule has 1 fully saturated rings. The van der Waals surface area contributed by atoms with Crippen LogP contribution in [-0.2, 0) is 22.6 Å². The SMILES string of the molecule is COc1ccc(N2C(=O)C(Cc3ccc(C)cc3)S/C2=C(/C#N)C(=O)NCc2ccco2)cc1. The van der Waals surface area contributed by atoms with Gasteiger partial charge in [0.2, 0.25) is 5.91 Å². The molecule has 0 saturated carbocycles. The predicted octanol–water partition coefficient (Wildman–Crippen LogP) is 4.34. The van der Waals surface area contributed by atoms with E-state index >= 15 is 0 Å². The number of nitriles is 1. The molecule has 2 amide bonds. The van der Waals surface area contributed by atoms with Crippen LogP contribution < -0.4 is 15.0 Å². The number of aryl methyl sites for hydroxylation is 1. The average molecular weight is 474 g/mol. The Labute approximate surface area is 202 Å². The largest absolute Gasteiger partial charge is 0.497 e. The van der Waals surface area contributed by atoms with Crippen LogP contribution in [0, 0.1) is 18.3 Å². The lowest BCUT2D eigenvalue weighted by Gasteiger charge is -2.19. The fourth-order valence-corrected chi connectivity index (χ4v) is 4.87. The van der Waals surface area contributed by atoms with Gasteiger partial charge in [0.05, 0.1) is 25.2 Å². The third kappa shape index (κ3) is 5.00. The minimum absolute atomic E-state index is 0.118. The van der Waals surface area contributed by atoms with Gasteiger partial charge in [-0.1, -0.05) is 41.6 Å². The zero-order valence-electron chi connectivity index (χ0n) is 18.8. The van der Waals surface area contributed by atoms with Crippen LogP contribution in [0.4, 0.5) is 5.69 Å². The van der Waals surface area contributed by atoms with E-state index in [-0.39, 0.29) is 18.0 Å². The maximum atomic E-state index is 13.5. The van der Waals surface area contributed by atoms with Crippen molar-refractivity contribution in [2.24, 2.45) is 0 Å². The van der Waals surface area contributed by atoms with Crippen LogP contribution in [0.2, 0.25) is 0 Å². The second-order valence-corrected chi connectivity index (χ2v) is 8.91. The molecule has 0 spiro atoms. The summed E-state index contributed by atoms with van der Waals surface area (Å²) in [5.74, 6) is 0.456. The molecule has 8 heteroatoms. The summed E-state index contributed by atoms with van der Waals surface area (Å²) in [6, 6.07) is 20.4. The number of ether oxygens (including phenoxy) is 1. The Bertz CT molecular complexity index is 1240. The third-order valence-corrected chi connectivity index (χ3v) is 6.64. The van der Waals surface area contributed by atoms with E-state index in [1.165, 1.54) is 22.9 Å². The number of hydrogen-bond donors (Lipinski definition) is 1. The molecule has 1 unspecified atom stereocenters. The van der Waals surface area contributed by atoms with Gasteiger partial charge in [0.15, 0.2) is 0 Å². The highest BCUT2D eigenvalue weighted by Gasteiger charge is 2.40. The zero-order chi connectivity index (χ0) is 24.1. The summed E-state index contributed by atoms with van der Waals surface area (Å²) in [4.78, 5) is 27.9. The molecule has 0 radical (unpaired) electrons. The first-order valence-corrected chi connectivity index (χ1v) is 11.5. The summed E-state index contributed by atoms with van der Waals surface area (Å²) in [7, 11) is 1.56. The van der Waals surface area contributed by atoms with Crippen LogP contribution in [0.15, 0.2) is 81.9 Å². The van der Waals surface area contributed by atoms with Crippen LogP contribution in [0.5, 0.6) is 5.75 Å². The van der Waals surface area contributed by atoms with Crippen molar-refractivity contribution < 1.29 is 18.7 Å². The molecular weight excluding hydrogens is 450 g/mol. The van der Waals surface area contributed by atoms with Gasteiger partial charge < -0.3 is 14.5 Å². The van der Waals surface area contributed by atoms with Gasteiger partial charge in [0, 0.05) is 5.69 Å². The smallest absolute Gasteiger partial charge is 0.265 e. The Kier molecular flexibility index (Phi) is 7.04. The Morgan fingerprint density at radius 1 is 1.18 bits per heavy atom. The number of carbonyl (C=O) groups is 2. The van der Waals surface area contributed by atoms with E-state index in [0.717, 1.165) is 11.1 Å². The number of amides is 2. The first-order chi connectivity index (χ1) is 16.5. The van der Waals surface area contributed by atoms with Crippen LogP contribution >= 0.6 is 11.8 Å². The normalized spacial score (nSPS) is 16.8. The van der Waals surface area contributed by atoms with Crippen molar-refractivity contribution in [3.8, 4) is 11.8 Å². The second kappa shape index (κ2) is 10.3. The third-order valence-electron chi connectivity index (χ3n) is 5.38. The number of thioether (sulfide) groups is 1. The van der Waals surface area contributed by atoms with Crippen molar-refractivity contribution >= 4 is 29.3 Å². The lowest BCUT2D eigenvalue weighted by molar-refractivity contribution is -0.117. The number of methoxy groups -OCH3 is 1. The summed E-state index contributed by atoms with van der Waals surface area (Å²) in [5.41, 5.74) is 2.58. The van der Waals surface area contributed by atoms with E-state index in [2.05, 4.69) is 5.32 Å². The van der Waals surface area contributed by atoms with E-state index in [1.54, 1.807) is 43.5 Å². The molecule has 1 aromatic heterocycles. The fourth-order valence-electron chi connectivity index (χ4n) is 3.56. The van der Waals surface area contributed by atoms with Crippen molar-refractivity contribution in [3.63, 3.8) is 0 Å². The van der Waals surface area contributed by atoms with E-state index in [1.807, 2.05) is 37.3 Å². The number of carbonyl (C=O) groups excluding carboxylic acids is 2. The van der Waals surface area contributed by atoms with E-state index in [9.17, 15) is 14.9 Å². The molecule has 2 heterocycles. The summed E-state index contributed by atoms with van der Waals surface area (Å²) in [5, 5.41) is 12.4. The molecule has 2 aromatic carbocycles. The lowest BCUT2D eigenvalue weighted by atomic mass is 10.1. The molecule has 1 atom stereocenters. The summed E-state index contributed by atoms with van der Waals surface area (Å²) in [6.45, 7) is 2.14. The molecule has 1 saturated heterocycles. The quantitative estimate of drug-likeness (QED) is 0.405. The van der Waals surface area contributed by atoms with Crippen molar-refractivity contribution in [1.82, 2.24) is 5.32 Å². The van der Waals surface area contributed by atoms with Gasteiger partial charge in [-0.3, -0.25) is 14.5 Å². The Morgan fingerprint density at radius 3 is 2.53 bits per heavy atom. The first kappa shape index (κ1) is 23.2. The number of furan rings is 1. The number of rotatable bonds is 7. The van der Waals surface area contributed by atoms with E-state index in [0.29, 0.717) is 28.6 Å². The lowest BCUT2D eigenvalue weighted by Crippen LogP contribution is -2.32. The van der Waals surface area contributed by atoms with Gasteiger partial charge in [-0.15, -0.1) is 0 Å². The number of benzene rings is 2. The second-order valence-electron chi connectivity index (χ2n) is 7.72. The molecule has 0 bridgehead atoms. The Hall–Kier alpha value is -3.96. The molecule has 0 aliphatic carbocycles. The fraction of sp³-hybridized carbons (Fsp3) is 0.192. The van der Waals surface area contributed by atoms with Crippen molar-refractivity contribution in [2.75, 3.05) is 12.0 Å².